The summed E-state index contributed by atoms with van der Waals surface area (Å²) < 4.78 is 41.5. The molecular formula is C20H15ClFN5O3S4. The summed E-state index contributed by atoms with van der Waals surface area (Å²) in [5.41, 5.74) is 0.456. The summed E-state index contributed by atoms with van der Waals surface area (Å²) in [6.45, 7) is 1.90. The van der Waals surface area contributed by atoms with Crippen molar-refractivity contribution in [3.05, 3.63) is 63.2 Å². The number of aromatic nitrogens is 2. The maximum atomic E-state index is 13.4. The zero-order chi connectivity index (χ0) is 24.5. The predicted octanol–water partition coefficient (Wildman–Crippen LogP) is 5.04. The van der Waals surface area contributed by atoms with E-state index in [9.17, 15) is 17.6 Å². The van der Waals surface area contributed by atoms with Gasteiger partial charge < -0.3 is 5.32 Å². The lowest BCUT2D eigenvalue weighted by Gasteiger charge is -2.10. The third-order valence-electron chi connectivity index (χ3n) is 4.44. The zero-order valence-corrected chi connectivity index (χ0v) is 21.3. The molecule has 0 saturated heterocycles. The molecule has 34 heavy (non-hydrogen) atoms. The van der Waals surface area contributed by atoms with Crippen LogP contribution in [0, 0.1) is 5.82 Å². The minimum Gasteiger partial charge on any atom is -0.332 e. The maximum absolute atomic E-state index is 13.4. The predicted molar refractivity (Wildman–Crippen MR) is 137 cm³/mol. The molecule has 176 valence electrons. The van der Waals surface area contributed by atoms with Crippen molar-refractivity contribution in [2.24, 2.45) is 0 Å². The van der Waals surface area contributed by atoms with Crippen molar-refractivity contribution in [1.29, 1.82) is 0 Å². The van der Waals surface area contributed by atoms with Gasteiger partial charge in [-0.1, -0.05) is 29.9 Å². The second-order valence-electron chi connectivity index (χ2n) is 6.78. The number of fused-ring (bicyclic) bond motifs is 1. The number of carbonyl (C=O) groups is 1. The Labute approximate surface area is 212 Å². The number of thiophene rings is 1. The second-order valence-corrected chi connectivity index (χ2v) is 11.4. The Kier molecular flexibility index (Phi) is 7.09. The van der Waals surface area contributed by atoms with Gasteiger partial charge in [-0.05, 0) is 61.1 Å². The number of nitrogens with one attached hydrogen (secondary N) is 3. The molecule has 14 heteroatoms. The Balaban J connectivity index is 1.40. The molecule has 0 atom stereocenters. The third kappa shape index (κ3) is 5.33. The van der Waals surface area contributed by atoms with Crippen molar-refractivity contribution >= 4 is 88.4 Å². The van der Waals surface area contributed by atoms with Crippen molar-refractivity contribution in [2.45, 2.75) is 18.2 Å². The quantitative estimate of drug-likeness (QED) is 0.286. The lowest BCUT2D eigenvalue weighted by molar-refractivity contribution is 0.0982. The first kappa shape index (κ1) is 24.4. The largest absolute Gasteiger partial charge is 0.332 e. The lowest BCUT2D eigenvalue weighted by atomic mass is 10.2. The molecule has 0 radical (unpaired) electrons. The molecule has 0 aliphatic rings. The number of rotatable bonds is 6. The Morgan fingerprint density at radius 2 is 1.88 bits per heavy atom. The van der Waals surface area contributed by atoms with Crippen LogP contribution >= 0.6 is 46.5 Å². The number of nitrogens with zero attached hydrogens (tertiary/aromatic N) is 2. The molecule has 0 aliphatic heterocycles. The van der Waals surface area contributed by atoms with E-state index < -0.39 is 21.7 Å². The summed E-state index contributed by atoms with van der Waals surface area (Å²) in [4.78, 5) is 12.8. The normalized spacial score (nSPS) is 11.4. The van der Waals surface area contributed by atoms with Crippen molar-refractivity contribution in [1.82, 2.24) is 15.5 Å². The summed E-state index contributed by atoms with van der Waals surface area (Å²) in [7, 11) is -3.84. The summed E-state index contributed by atoms with van der Waals surface area (Å²) in [6, 6.07) is 9.85. The van der Waals surface area contributed by atoms with E-state index in [1.54, 1.807) is 0 Å². The van der Waals surface area contributed by atoms with Crippen LogP contribution in [0.25, 0.3) is 10.1 Å². The fourth-order valence-corrected chi connectivity index (χ4v) is 6.39. The summed E-state index contributed by atoms with van der Waals surface area (Å²) in [6.07, 6.45) is 0.657. The third-order valence-corrected chi connectivity index (χ3v) is 8.77. The van der Waals surface area contributed by atoms with Crippen molar-refractivity contribution < 1.29 is 17.6 Å². The van der Waals surface area contributed by atoms with Crippen LogP contribution in [-0.4, -0.2) is 29.6 Å². The van der Waals surface area contributed by atoms with E-state index in [0.717, 1.165) is 27.7 Å². The fraction of sp³-hybridized carbons (Fsp3) is 0.100. The van der Waals surface area contributed by atoms with Gasteiger partial charge in [0.05, 0.1) is 9.92 Å². The molecule has 8 nitrogen and oxygen atoms in total. The topological polar surface area (TPSA) is 113 Å². The minimum absolute atomic E-state index is 0.0145. The smallest absolute Gasteiger partial charge is 0.269 e. The zero-order valence-electron chi connectivity index (χ0n) is 17.3. The Morgan fingerprint density at radius 3 is 2.56 bits per heavy atom. The molecule has 4 aromatic rings. The highest BCUT2D eigenvalue weighted by molar-refractivity contribution is 7.93. The van der Waals surface area contributed by atoms with Gasteiger partial charge in [0.15, 0.2) is 5.11 Å². The van der Waals surface area contributed by atoms with Gasteiger partial charge in [-0.2, -0.15) is 0 Å². The lowest BCUT2D eigenvalue weighted by Crippen LogP contribution is -2.33. The van der Waals surface area contributed by atoms with Gasteiger partial charge in [0.2, 0.25) is 5.13 Å². The van der Waals surface area contributed by atoms with Crippen LogP contribution in [0.2, 0.25) is 5.02 Å². The molecule has 0 saturated carbocycles. The molecule has 0 fully saturated rings. The van der Waals surface area contributed by atoms with Crippen LogP contribution in [0.1, 0.15) is 21.6 Å². The van der Waals surface area contributed by atoms with E-state index >= 15 is 0 Å². The number of carbonyl (C=O) groups excluding carboxylic acids is 1. The molecule has 0 aliphatic carbocycles. The van der Waals surface area contributed by atoms with Gasteiger partial charge in [0, 0.05) is 15.8 Å². The van der Waals surface area contributed by atoms with Crippen LogP contribution in [0.15, 0.2) is 47.4 Å². The Morgan fingerprint density at radius 1 is 1.15 bits per heavy atom. The van der Waals surface area contributed by atoms with Crippen LogP contribution in [0.4, 0.5) is 15.2 Å². The summed E-state index contributed by atoms with van der Waals surface area (Å²) in [5, 5.41) is 14.7. The SMILES string of the molecule is CCc1nnc(NS(=O)(=O)c2ccc(NC(=S)NC(=O)c3sc4cc(F)ccc4c3Cl)cc2)s1. The van der Waals surface area contributed by atoms with Crippen LogP contribution in [0.5, 0.6) is 0 Å². The Hall–Kier alpha value is -2.71. The summed E-state index contributed by atoms with van der Waals surface area (Å²) in [5.74, 6) is -0.972. The number of amides is 1. The maximum Gasteiger partial charge on any atom is 0.269 e. The van der Waals surface area contributed by atoms with E-state index in [-0.39, 0.29) is 25.0 Å². The van der Waals surface area contributed by atoms with Crippen LogP contribution in [-0.2, 0) is 16.4 Å². The number of hydrogen-bond acceptors (Lipinski definition) is 8. The molecule has 0 bridgehead atoms. The van der Waals surface area contributed by atoms with Gasteiger partial charge in [-0.25, -0.2) is 12.8 Å². The average molecular weight is 556 g/mol. The van der Waals surface area contributed by atoms with Gasteiger partial charge in [-0.15, -0.1) is 21.5 Å². The number of benzene rings is 2. The highest BCUT2D eigenvalue weighted by Gasteiger charge is 2.19. The first-order valence-corrected chi connectivity index (χ1v) is 13.5. The van der Waals surface area contributed by atoms with E-state index in [4.69, 9.17) is 23.8 Å². The first-order chi connectivity index (χ1) is 16.2. The second kappa shape index (κ2) is 9.88. The number of thiocarbonyl (C=S) groups is 1. The molecule has 0 unspecified atom stereocenters. The number of anilines is 2. The van der Waals surface area contributed by atoms with E-state index in [0.29, 0.717) is 22.2 Å². The van der Waals surface area contributed by atoms with Gasteiger partial charge in [-0.3, -0.25) is 14.8 Å². The molecule has 2 aromatic carbocycles. The number of hydrogen-bond donors (Lipinski definition) is 3. The molecule has 2 aromatic heterocycles. The highest BCUT2D eigenvalue weighted by atomic mass is 35.5. The monoisotopic (exact) mass is 555 g/mol. The first-order valence-electron chi connectivity index (χ1n) is 9.61. The number of aryl methyl sites for hydroxylation is 1. The van der Waals surface area contributed by atoms with Gasteiger partial charge in [0.1, 0.15) is 15.7 Å². The number of sulfonamides is 1. The molecule has 3 N–H and O–H groups in total. The van der Waals surface area contributed by atoms with E-state index in [2.05, 4.69) is 25.6 Å². The number of halogens is 2. The average Bonchev–Trinajstić information content (AvgIpc) is 3.37. The van der Waals surface area contributed by atoms with Crippen LogP contribution in [0.3, 0.4) is 0 Å². The van der Waals surface area contributed by atoms with Gasteiger partial charge >= 0.3 is 0 Å². The molecule has 4 rings (SSSR count). The highest BCUT2D eigenvalue weighted by Crippen LogP contribution is 2.35. The molecule has 2 heterocycles. The Bertz CT molecular complexity index is 1500. The van der Waals surface area contributed by atoms with Crippen molar-refractivity contribution in [2.75, 3.05) is 10.0 Å². The van der Waals surface area contributed by atoms with Crippen molar-refractivity contribution in [3.8, 4) is 0 Å². The summed E-state index contributed by atoms with van der Waals surface area (Å²) >= 11 is 13.7. The van der Waals surface area contributed by atoms with Gasteiger partial charge in [0.25, 0.3) is 15.9 Å². The fourth-order valence-electron chi connectivity index (χ4n) is 2.84. The van der Waals surface area contributed by atoms with Crippen LogP contribution < -0.4 is 15.4 Å². The van der Waals surface area contributed by atoms with Crippen molar-refractivity contribution in [3.63, 3.8) is 0 Å². The molecule has 1 amide bonds. The van der Waals surface area contributed by atoms with E-state index in [1.807, 2.05) is 6.92 Å². The van der Waals surface area contributed by atoms with E-state index in [1.165, 1.54) is 42.5 Å². The minimum atomic E-state index is -3.84. The molecular weight excluding hydrogens is 541 g/mol. The molecule has 0 spiro atoms. The standard InChI is InChI=1S/C20H15ClFN5O3S4/c1-2-15-25-26-20(33-15)27-34(29,30)12-6-4-11(5-7-12)23-19(31)24-18(28)17-16(21)13-8-3-10(22)9-14(13)32-17/h3-9H,2H2,1H3,(H,26,27)(H2,23,24,28,31).